The fourth-order valence-electron chi connectivity index (χ4n) is 2.48. The highest BCUT2D eigenvalue weighted by Crippen LogP contribution is 2.33. The van der Waals surface area contributed by atoms with Crippen molar-refractivity contribution >= 4 is 5.97 Å². The minimum Gasteiger partial charge on any atom is -0.481 e. The number of aliphatic carboxylic acids is 1. The Labute approximate surface area is 120 Å². The average molecular weight is 289 g/mol. The molecule has 3 heterocycles. The van der Waals surface area contributed by atoms with Gasteiger partial charge in [0.05, 0.1) is 12.0 Å². The smallest absolute Gasteiger partial charge is 0.311 e. The van der Waals surface area contributed by atoms with E-state index in [2.05, 4.69) is 20.5 Å². The monoisotopic (exact) mass is 289 g/mol. The SMILES string of the molecule is O=C(O)C1(Cn2nnnc2-c2ccccn2)CCOCC1. The van der Waals surface area contributed by atoms with Gasteiger partial charge in [-0.2, -0.15) is 0 Å². The molecule has 1 aliphatic rings. The summed E-state index contributed by atoms with van der Waals surface area (Å²) in [6.45, 7) is 1.09. The molecule has 1 saturated heterocycles. The highest BCUT2D eigenvalue weighted by molar-refractivity contribution is 5.74. The third kappa shape index (κ3) is 2.62. The van der Waals surface area contributed by atoms with Crippen molar-refractivity contribution in [2.75, 3.05) is 13.2 Å². The Morgan fingerprint density at radius 3 is 2.86 bits per heavy atom. The third-order valence-corrected chi connectivity index (χ3v) is 3.78. The summed E-state index contributed by atoms with van der Waals surface area (Å²) in [4.78, 5) is 15.9. The lowest BCUT2D eigenvalue weighted by Crippen LogP contribution is -2.41. The quantitative estimate of drug-likeness (QED) is 0.879. The van der Waals surface area contributed by atoms with Gasteiger partial charge in [0.15, 0.2) is 0 Å². The summed E-state index contributed by atoms with van der Waals surface area (Å²) in [5.74, 6) is -0.365. The zero-order valence-corrected chi connectivity index (χ0v) is 11.3. The van der Waals surface area contributed by atoms with Crippen LogP contribution in [0.5, 0.6) is 0 Å². The molecule has 0 saturated carbocycles. The van der Waals surface area contributed by atoms with E-state index in [1.54, 1.807) is 18.3 Å². The van der Waals surface area contributed by atoms with E-state index in [9.17, 15) is 9.90 Å². The molecule has 8 nitrogen and oxygen atoms in total. The van der Waals surface area contributed by atoms with E-state index in [4.69, 9.17) is 4.74 Å². The van der Waals surface area contributed by atoms with E-state index < -0.39 is 11.4 Å². The average Bonchev–Trinajstić information content (AvgIpc) is 2.97. The summed E-state index contributed by atoms with van der Waals surface area (Å²) in [7, 11) is 0. The van der Waals surface area contributed by atoms with Crippen LogP contribution in [0.4, 0.5) is 0 Å². The Bertz CT molecular complexity index is 622. The number of pyridine rings is 1. The molecule has 110 valence electrons. The number of hydrogen-bond acceptors (Lipinski definition) is 6. The van der Waals surface area contributed by atoms with Crippen molar-refractivity contribution in [3.63, 3.8) is 0 Å². The Morgan fingerprint density at radius 2 is 2.19 bits per heavy atom. The molecule has 3 rings (SSSR count). The Morgan fingerprint density at radius 1 is 1.38 bits per heavy atom. The van der Waals surface area contributed by atoms with E-state index in [0.29, 0.717) is 37.6 Å². The summed E-state index contributed by atoms with van der Waals surface area (Å²) in [6, 6.07) is 5.43. The van der Waals surface area contributed by atoms with E-state index in [0.717, 1.165) is 0 Å². The predicted molar refractivity (Wildman–Crippen MR) is 71.2 cm³/mol. The molecule has 1 fully saturated rings. The van der Waals surface area contributed by atoms with Crippen LogP contribution in [0.25, 0.3) is 11.5 Å². The van der Waals surface area contributed by atoms with Gasteiger partial charge in [0, 0.05) is 19.4 Å². The maximum atomic E-state index is 11.7. The summed E-state index contributed by atoms with van der Waals surface area (Å²) in [6.07, 6.45) is 2.55. The van der Waals surface area contributed by atoms with Crippen LogP contribution in [0, 0.1) is 5.41 Å². The molecule has 0 bridgehead atoms. The van der Waals surface area contributed by atoms with Crippen LogP contribution in [0.3, 0.4) is 0 Å². The molecule has 1 aliphatic heterocycles. The molecule has 2 aromatic heterocycles. The maximum absolute atomic E-state index is 11.7. The second-order valence-corrected chi connectivity index (χ2v) is 5.07. The van der Waals surface area contributed by atoms with Crippen LogP contribution in [-0.2, 0) is 16.1 Å². The summed E-state index contributed by atoms with van der Waals surface area (Å²) in [5, 5.41) is 21.1. The number of carbonyl (C=O) groups is 1. The number of rotatable bonds is 4. The molecule has 0 atom stereocenters. The van der Waals surface area contributed by atoms with Crippen LogP contribution >= 0.6 is 0 Å². The second-order valence-electron chi connectivity index (χ2n) is 5.07. The van der Waals surface area contributed by atoms with Crippen LogP contribution in [0.15, 0.2) is 24.4 Å². The number of tetrazole rings is 1. The molecule has 2 aromatic rings. The third-order valence-electron chi connectivity index (χ3n) is 3.78. The van der Waals surface area contributed by atoms with Crippen molar-refractivity contribution in [2.24, 2.45) is 5.41 Å². The molecular formula is C13H15N5O3. The summed E-state index contributed by atoms with van der Waals surface area (Å²) >= 11 is 0. The Balaban J connectivity index is 1.91. The molecule has 0 spiro atoms. The van der Waals surface area contributed by atoms with Gasteiger partial charge in [-0.25, -0.2) is 4.68 Å². The first-order valence-corrected chi connectivity index (χ1v) is 6.70. The van der Waals surface area contributed by atoms with Crippen molar-refractivity contribution in [2.45, 2.75) is 19.4 Å². The fourth-order valence-corrected chi connectivity index (χ4v) is 2.48. The van der Waals surface area contributed by atoms with Gasteiger partial charge in [-0.3, -0.25) is 9.78 Å². The molecule has 21 heavy (non-hydrogen) atoms. The number of hydrogen-bond donors (Lipinski definition) is 1. The highest BCUT2D eigenvalue weighted by Gasteiger charge is 2.41. The first kappa shape index (κ1) is 13.6. The number of ether oxygens (including phenoxy) is 1. The van der Waals surface area contributed by atoms with E-state index in [1.165, 1.54) is 4.68 Å². The van der Waals surface area contributed by atoms with Gasteiger partial charge >= 0.3 is 5.97 Å². The number of aromatic nitrogens is 5. The molecule has 0 unspecified atom stereocenters. The Kier molecular flexibility index (Phi) is 3.61. The molecule has 8 heteroatoms. The van der Waals surface area contributed by atoms with Gasteiger partial charge in [0.1, 0.15) is 5.69 Å². The minimum atomic E-state index is -0.892. The first-order valence-electron chi connectivity index (χ1n) is 6.70. The largest absolute Gasteiger partial charge is 0.481 e. The van der Waals surface area contributed by atoms with Crippen LogP contribution in [0.2, 0.25) is 0 Å². The van der Waals surface area contributed by atoms with Gasteiger partial charge in [-0.15, -0.1) is 5.10 Å². The Hall–Kier alpha value is -2.35. The van der Waals surface area contributed by atoms with Gasteiger partial charge in [-0.05, 0) is 35.4 Å². The zero-order chi connectivity index (χ0) is 14.7. The predicted octanol–water partition coefficient (Wildman–Crippen LogP) is 0.616. The lowest BCUT2D eigenvalue weighted by molar-refractivity contribution is -0.156. The topological polar surface area (TPSA) is 103 Å². The number of carboxylic acid groups (broad SMARTS) is 1. The normalized spacial score (nSPS) is 17.5. The van der Waals surface area contributed by atoms with Gasteiger partial charge in [0.25, 0.3) is 0 Å². The van der Waals surface area contributed by atoms with E-state index in [1.807, 2.05) is 6.07 Å². The first-order chi connectivity index (χ1) is 10.2. The molecule has 1 N–H and O–H groups in total. The molecule has 0 aromatic carbocycles. The van der Waals surface area contributed by atoms with E-state index >= 15 is 0 Å². The standard InChI is InChI=1S/C13H15N5O3/c19-12(20)13(4-7-21-8-5-13)9-18-11(15-16-17-18)10-3-1-2-6-14-10/h1-3,6H,4-5,7-9H2,(H,19,20). The molecule has 0 amide bonds. The number of nitrogens with zero attached hydrogens (tertiary/aromatic N) is 5. The summed E-state index contributed by atoms with van der Waals surface area (Å²) in [5.41, 5.74) is -0.271. The van der Waals surface area contributed by atoms with Crippen molar-refractivity contribution < 1.29 is 14.6 Å². The van der Waals surface area contributed by atoms with Crippen LogP contribution < -0.4 is 0 Å². The minimum absolute atomic E-state index is 0.213. The molecular weight excluding hydrogens is 274 g/mol. The maximum Gasteiger partial charge on any atom is 0.311 e. The van der Waals surface area contributed by atoms with Crippen LogP contribution in [0.1, 0.15) is 12.8 Å². The second kappa shape index (κ2) is 5.57. The van der Waals surface area contributed by atoms with Crippen molar-refractivity contribution in [3.8, 4) is 11.5 Å². The van der Waals surface area contributed by atoms with E-state index in [-0.39, 0.29) is 6.54 Å². The van der Waals surface area contributed by atoms with Crippen molar-refractivity contribution in [3.05, 3.63) is 24.4 Å². The van der Waals surface area contributed by atoms with Gasteiger partial charge < -0.3 is 9.84 Å². The lowest BCUT2D eigenvalue weighted by atomic mass is 9.80. The van der Waals surface area contributed by atoms with Crippen molar-refractivity contribution in [1.82, 2.24) is 25.2 Å². The highest BCUT2D eigenvalue weighted by atomic mass is 16.5. The molecule has 0 radical (unpaired) electrons. The van der Waals surface area contributed by atoms with Crippen molar-refractivity contribution in [1.29, 1.82) is 0 Å². The van der Waals surface area contributed by atoms with Gasteiger partial charge in [0.2, 0.25) is 5.82 Å². The lowest BCUT2D eigenvalue weighted by Gasteiger charge is -2.32. The summed E-state index contributed by atoms with van der Waals surface area (Å²) < 4.78 is 6.79. The fraction of sp³-hybridized carbons (Fsp3) is 0.462. The molecule has 0 aliphatic carbocycles. The van der Waals surface area contributed by atoms with Gasteiger partial charge in [-0.1, -0.05) is 6.07 Å². The number of carboxylic acids is 1. The zero-order valence-electron chi connectivity index (χ0n) is 11.3. The van der Waals surface area contributed by atoms with Crippen LogP contribution in [-0.4, -0.2) is 49.5 Å².